The maximum absolute atomic E-state index is 2.80. The smallest absolute Gasteiger partial charge is 0.0158 e. The van der Waals surface area contributed by atoms with E-state index in [1.54, 1.807) is 0 Å². The molecule has 0 aromatic heterocycles. The number of hydrogen-bond acceptors (Lipinski definition) is 1. The first-order valence-electron chi connectivity index (χ1n) is 8.59. The Hall–Kier alpha value is -0.0400. The molecule has 0 aliphatic rings. The predicted molar refractivity (Wildman–Crippen MR) is 88.8 cm³/mol. The molecule has 0 unspecified atom stereocenters. The molecule has 0 atom stereocenters. The highest BCUT2D eigenvalue weighted by Crippen LogP contribution is 2.33. The van der Waals surface area contributed by atoms with Crippen LogP contribution in [-0.2, 0) is 0 Å². The highest BCUT2D eigenvalue weighted by Gasteiger charge is 2.36. The van der Waals surface area contributed by atoms with Crippen molar-refractivity contribution in [3.63, 3.8) is 0 Å². The van der Waals surface area contributed by atoms with Gasteiger partial charge in [0.25, 0.3) is 0 Å². The molecule has 0 heterocycles. The standard InChI is InChI=1S/C18H39N/c1-8-11-14-17(4,5)19(16-13-10-3)18(6,7)15-12-9-2/h8-16H2,1-7H3. The van der Waals surface area contributed by atoms with E-state index >= 15 is 0 Å². The lowest BCUT2D eigenvalue weighted by Gasteiger charge is -2.49. The number of rotatable bonds is 11. The van der Waals surface area contributed by atoms with Gasteiger partial charge in [0.2, 0.25) is 0 Å². The van der Waals surface area contributed by atoms with E-state index < -0.39 is 0 Å². The van der Waals surface area contributed by atoms with Crippen LogP contribution < -0.4 is 0 Å². The second kappa shape index (κ2) is 9.00. The Morgan fingerprint density at radius 2 is 1.00 bits per heavy atom. The second-order valence-corrected chi connectivity index (χ2v) is 7.34. The van der Waals surface area contributed by atoms with Crippen molar-refractivity contribution in [2.75, 3.05) is 6.54 Å². The lowest BCUT2D eigenvalue weighted by molar-refractivity contribution is 0.00240. The maximum Gasteiger partial charge on any atom is 0.0158 e. The van der Waals surface area contributed by atoms with Crippen LogP contribution in [0.2, 0.25) is 0 Å². The summed E-state index contributed by atoms with van der Waals surface area (Å²) in [7, 11) is 0. The fourth-order valence-electron chi connectivity index (χ4n) is 3.23. The van der Waals surface area contributed by atoms with Gasteiger partial charge < -0.3 is 0 Å². The zero-order chi connectivity index (χ0) is 14.9. The fraction of sp³-hybridized carbons (Fsp3) is 1.00. The molecule has 0 amide bonds. The molecule has 0 bridgehead atoms. The summed E-state index contributed by atoms with van der Waals surface area (Å²) in [6.45, 7) is 18.0. The zero-order valence-electron chi connectivity index (χ0n) is 14.8. The summed E-state index contributed by atoms with van der Waals surface area (Å²) >= 11 is 0. The molecule has 0 aliphatic carbocycles. The highest BCUT2D eigenvalue weighted by molar-refractivity contribution is 4.92. The first kappa shape index (κ1) is 19.0. The molecular formula is C18H39N. The van der Waals surface area contributed by atoms with Gasteiger partial charge in [0, 0.05) is 11.1 Å². The lowest BCUT2D eigenvalue weighted by Crippen LogP contribution is -2.55. The van der Waals surface area contributed by atoms with Crippen molar-refractivity contribution in [2.24, 2.45) is 0 Å². The van der Waals surface area contributed by atoms with E-state index in [1.165, 1.54) is 57.9 Å². The van der Waals surface area contributed by atoms with Crippen LogP contribution in [0.15, 0.2) is 0 Å². The van der Waals surface area contributed by atoms with Gasteiger partial charge in [-0.3, -0.25) is 4.90 Å². The van der Waals surface area contributed by atoms with Crippen LogP contribution in [0.1, 0.15) is 99.8 Å². The third kappa shape index (κ3) is 6.79. The topological polar surface area (TPSA) is 3.24 Å². The lowest BCUT2D eigenvalue weighted by atomic mass is 9.86. The van der Waals surface area contributed by atoms with Gasteiger partial charge in [-0.1, -0.05) is 52.9 Å². The number of nitrogens with zero attached hydrogens (tertiary/aromatic N) is 1. The van der Waals surface area contributed by atoms with Gasteiger partial charge in [-0.25, -0.2) is 0 Å². The third-order valence-corrected chi connectivity index (χ3v) is 4.48. The summed E-state index contributed by atoms with van der Waals surface area (Å²) in [5.74, 6) is 0. The minimum absolute atomic E-state index is 0.336. The van der Waals surface area contributed by atoms with E-state index in [-0.39, 0.29) is 0 Å². The van der Waals surface area contributed by atoms with Gasteiger partial charge in [-0.05, 0) is 53.5 Å². The number of unbranched alkanes of at least 4 members (excludes halogenated alkanes) is 3. The summed E-state index contributed by atoms with van der Waals surface area (Å²) in [6.07, 6.45) is 10.6. The minimum atomic E-state index is 0.336. The summed E-state index contributed by atoms with van der Waals surface area (Å²) in [5.41, 5.74) is 0.671. The van der Waals surface area contributed by atoms with Crippen molar-refractivity contribution in [2.45, 2.75) is 111 Å². The highest BCUT2D eigenvalue weighted by atomic mass is 15.2. The van der Waals surface area contributed by atoms with Crippen LogP contribution in [0.5, 0.6) is 0 Å². The van der Waals surface area contributed by atoms with Crippen LogP contribution in [0.3, 0.4) is 0 Å². The fourth-order valence-corrected chi connectivity index (χ4v) is 3.23. The van der Waals surface area contributed by atoms with Crippen molar-refractivity contribution in [1.29, 1.82) is 0 Å². The van der Waals surface area contributed by atoms with Crippen molar-refractivity contribution in [1.82, 2.24) is 4.90 Å². The molecule has 0 N–H and O–H groups in total. The van der Waals surface area contributed by atoms with Gasteiger partial charge in [-0.15, -0.1) is 0 Å². The van der Waals surface area contributed by atoms with Gasteiger partial charge in [0.1, 0.15) is 0 Å². The molecule has 19 heavy (non-hydrogen) atoms. The van der Waals surface area contributed by atoms with Crippen LogP contribution in [0.25, 0.3) is 0 Å². The van der Waals surface area contributed by atoms with Crippen molar-refractivity contribution < 1.29 is 0 Å². The van der Waals surface area contributed by atoms with Gasteiger partial charge >= 0.3 is 0 Å². The first-order chi connectivity index (χ1) is 8.81. The van der Waals surface area contributed by atoms with Crippen molar-refractivity contribution in [3.8, 4) is 0 Å². The third-order valence-electron chi connectivity index (χ3n) is 4.48. The summed E-state index contributed by atoms with van der Waals surface area (Å²) in [4.78, 5) is 2.80. The molecule has 0 saturated heterocycles. The van der Waals surface area contributed by atoms with Crippen LogP contribution in [-0.4, -0.2) is 22.5 Å². The summed E-state index contributed by atoms with van der Waals surface area (Å²) in [6, 6.07) is 0. The van der Waals surface area contributed by atoms with Crippen LogP contribution >= 0.6 is 0 Å². The Morgan fingerprint density at radius 3 is 1.32 bits per heavy atom. The second-order valence-electron chi connectivity index (χ2n) is 7.34. The van der Waals surface area contributed by atoms with E-state index in [2.05, 4.69) is 53.4 Å². The minimum Gasteiger partial charge on any atom is -0.293 e. The molecule has 0 spiro atoms. The molecule has 116 valence electrons. The quantitative estimate of drug-likeness (QED) is 0.443. The largest absolute Gasteiger partial charge is 0.293 e. The molecule has 1 nitrogen and oxygen atoms in total. The Kier molecular flexibility index (Phi) is 8.98. The molecule has 0 aromatic rings. The zero-order valence-corrected chi connectivity index (χ0v) is 14.8. The van der Waals surface area contributed by atoms with Gasteiger partial charge in [0.15, 0.2) is 0 Å². The molecule has 1 heteroatoms. The average Bonchev–Trinajstić information content (AvgIpc) is 2.34. The Balaban J connectivity index is 4.85. The predicted octanol–water partition coefficient (Wildman–Crippen LogP) is 6.03. The molecule has 0 rings (SSSR count). The van der Waals surface area contributed by atoms with Crippen molar-refractivity contribution in [3.05, 3.63) is 0 Å². The summed E-state index contributed by atoms with van der Waals surface area (Å²) < 4.78 is 0. The molecule has 0 fully saturated rings. The summed E-state index contributed by atoms with van der Waals surface area (Å²) in [5, 5.41) is 0. The molecule has 0 aliphatic heterocycles. The molecule has 0 radical (unpaired) electrons. The maximum atomic E-state index is 2.80. The van der Waals surface area contributed by atoms with E-state index in [0.29, 0.717) is 11.1 Å². The number of hydrogen-bond donors (Lipinski definition) is 0. The molecule has 0 saturated carbocycles. The van der Waals surface area contributed by atoms with Gasteiger partial charge in [-0.2, -0.15) is 0 Å². The Morgan fingerprint density at radius 1 is 0.632 bits per heavy atom. The van der Waals surface area contributed by atoms with E-state index in [4.69, 9.17) is 0 Å². The Labute approximate surface area is 123 Å². The first-order valence-corrected chi connectivity index (χ1v) is 8.59. The normalized spacial score (nSPS) is 13.3. The monoisotopic (exact) mass is 269 g/mol. The van der Waals surface area contributed by atoms with E-state index in [0.717, 1.165) is 0 Å². The van der Waals surface area contributed by atoms with Gasteiger partial charge in [0.05, 0.1) is 0 Å². The Bertz CT molecular complexity index is 198. The SMILES string of the molecule is CCCCN(C(C)(C)CCCC)C(C)(C)CCCC. The molecule has 0 aromatic carbocycles. The average molecular weight is 270 g/mol. The molecular weight excluding hydrogens is 230 g/mol. The van der Waals surface area contributed by atoms with Crippen LogP contribution in [0, 0.1) is 0 Å². The van der Waals surface area contributed by atoms with Crippen LogP contribution in [0.4, 0.5) is 0 Å². The van der Waals surface area contributed by atoms with E-state index in [9.17, 15) is 0 Å². The van der Waals surface area contributed by atoms with Crippen molar-refractivity contribution >= 4 is 0 Å². The van der Waals surface area contributed by atoms with E-state index in [1.807, 2.05) is 0 Å².